The third-order valence-corrected chi connectivity index (χ3v) is 3.60. The Hall–Kier alpha value is -1.92. The van der Waals surface area contributed by atoms with Gasteiger partial charge in [-0.1, -0.05) is 0 Å². The first-order valence-corrected chi connectivity index (χ1v) is 8.66. The van der Waals surface area contributed by atoms with E-state index in [9.17, 15) is 19.2 Å². The van der Waals surface area contributed by atoms with E-state index >= 15 is 0 Å². The Morgan fingerprint density at radius 2 is 1.08 bits per heavy atom. The lowest BCUT2D eigenvalue weighted by Gasteiger charge is -2.29. The summed E-state index contributed by atoms with van der Waals surface area (Å²) in [4.78, 5) is 48.6. The average molecular weight is 372 g/mol. The lowest BCUT2D eigenvalue weighted by atomic mass is 9.75. The Morgan fingerprint density at radius 1 is 0.731 bits per heavy atom. The van der Waals surface area contributed by atoms with E-state index in [-0.39, 0.29) is 25.7 Å². The number of rotatable bonds is 8. The highest BCUT2D eigenvalue weighted by Gasteiger charge is 2.45. The maximum absolute atomic E-state index is 12.3. The first-order chi connectivity index (χ1) is 11.6. The van der Waals surface area contributed by atoms with Gasteiger partial charge in [-0.2, -0.15) is 0 Å². The van der Waals surface area contributed by atoms with E-state index in [1.54, 1.807) is 41.5 Å². The monoisotopic (exact) mass is 372 g/mol. The van der Waals surface area contributed by atoms with Gasteiger partial charge in [0.05, 0.1) is 7.11 Å². The highest BCUT2D eigenvalue weighted by molar-refractivity contribution is 6.03. The van der Waals surface area contributed by atoms with Crippen molar-refractivity contribution in [2.75, 3.05) is 7.11 Å². The first-order valence-electron chi connectivity index (χ1n) is 8.66. The second-order valence-electron chi connectivity index (χ2n) is 8.30. The van der Waals surface area contributed by atoms with Gasteiger partial charge in [-0.3, -0.25) is 19.2 Å². The summed E-state index contributed by atoms with van der Waals surface area (Å²) < 4.78 is 15.2. The van der Waals surface area contributed by atoms with Crippen LogP contribution in [-0.2, 0) is 33.4 Å². The highest BCUT2D eigenvalue weighted by Crippen LogP contribution is 2.34. The maximum atomic E-state index is 12.3. The molecule has 0 bridgehead atoms. The summed E-state index contributed by atoms with van der Waals surface area (Å²) in [5.41, 5.74) is -2.92. The van der Waals surface area contributed by atoms with Gasteiger partial charge in [0.25, 0.3) is 0 Å². The number of carbonyl (C=O) groups is 4. The van der Waals surface area contributed by atoms with Gasteiger partial charge in [-0.05, 0) is 61.3 Å². The maximum Gasteiger partial charge on any atom is 0.319 e. The van der Waals surface area contributed by atoms with E-state index in [1.165, 1.54) is 14.0 Å². The molecule has 0 unspecified atom stereocenters. The largest absolute Gasteiger partial charge is 0.468 e. The minimum Gasteiger partial charge on any atom is -0.468 e. The van der Waals surface area contributed by atoms with Crippen molar-refractivity contribution in [2.24, 2.45) is 5.41 Å². The van der Waals surface area contributed by atoms with Gasteiger partial charge in [0, 0.05) is 12.8 Å². The van der Waals surface area contributed by atoms with Crippen LogP contribution < -0.4 is 0 Å². The average Bonchev–Trinajstić information content (AvgIpc) is 2.42. The molecule has 0 aromatic heterocycles. The van der Waals surface area contributed by atoms with Crippen LogP contribution in [0.2, 0.25) is 0 Å². The normalized spacial score (nSPS) is 12.3. The summed E-state index contributed by atoms with van der Waals surface area (Å²) in [6.45, 7) is 11.6. The lowest BCUT2D eigenvalue weighted by Crippen LogP contribution is -2.41. The topological polar surface area (TPSA) is 96.0 Å². The zero-order chi connectivity index (χ0) is 20.8. The molecule has 0 aromatic carbocycles. The number of carbonyl (C=O) groups excluding carboxylic acids is 4. The highest BCUT2D eigenvalue weighted by atomic mass is 16.6. The molecule has 0 spiro atoms. The molecule has 7 heteroatoms. The number of ether oxygens (including phenoxy) is 3. The molecule has 0 N–H and O–H groups in total. The molecule has 0 atom stereocenters. The fraction of sp³-hybridized carbons (Fsp3) is 0.789. The van der Waals surface area contributed by atoms with Crippen LogP contribution in [0.5, 0.6) is 0 Å². The van der Waals surface area contributed by atoms with Crippen LogP contribution >= 0.6 is 0 Å². The fourth-order valence-corrected chi connectivity index (χ4v) is 2.44. The molecular formula is C19H32O7. The van der Waals surface area contributed by atoms with Crippen molar-refractivity contribution in [1.29, 1.82) is 0 Å². The summed E-state index contributed by atoms with van der Waals surface area (Å²) >= 11 is 0. The molecule has 0 aliphatic heterocycles. The molecule has 26 heavy (non-hydrogen) atoms. The molecule has 0 saturated carbocycles. The van der Waals surface area contributed by atoms with E-state index in [4.69, 9.17) is 14.2 Å². The summed E-state index contributed by atoms with van der Waals surface area (Å²) in [5.74, 6) is -2.28. The Kier molecular flexibility index (Phi) is 8.47. The summed E-state index contributed by atoms with van der Waals surface area (Å²) in [6, 6.07) is 0. The molecule has 0 fully saturated rings. The van der Waals surface area contributed by atoms with Gasteiger partial charge >= 0.3 is 17.9 Å². The van der Waals surface area contributed by atoms with Crippen LogP contribution in [-0.4, -0.2) is 42.0 Å². The smallest absolute Gasteiger partial charge is 0.319 e. The molecule has 7 nitrogen and oxygen atoms in total. The zero-order valence-corrected chi connectivity index (χ0v) is 17.2. The van der Waals surface area contributed by atoms with Crippen LogP contribution in [0.4, 0.5) is 0 Å². The Bertz CT molecular complexity index is 503. The number of esters is 3. The van der Waals surface area contributed by atoms with E-state index in [1.807, 2.05) is 0 Å². The van der Waals surface area contributed by atoms with E-state index in [0.717, 1.165) is 0 Å². The number of hydrogen-bond donors (Lipinski definition) is 0. The molecule has 0 saturated heterocycles. The standard InChI is InChI=1S/C19H32O7/c1-13(20)19(16(23)24-8,11-9-14(21)25-17(2,3)4)12-10-15(22)26-18(5,6)7/h9-12H2,1-8H3. The van der Waals surface area contributed by atoms with E-state index in [2.05, 4.69) is 0 Å². The quantitative estimate of drug-likeness (QED) is 0.367. The molecule has 0 aliphatic rings. The van der Waals surface area contributed by atoms with Crippen molar-refractivity contribution in [1.82, 2.24) is 0 Å². The van der Waals surface area contributed by atoms with Crippen LogP contribution in [0.15, 0.2) is 0 Å². The third kappa shape index (κ3) is 8.45. The zero-order valence-electron chi connectivity index (χ0n) is 17.2. The molecule has 0 rings (SSSR count). The molecule has 0 heterocycles. The van der Waals surface area contributed by atoms with Gasteiger partial charge in [-0.25, -0.2) is 0 Å². The Morgan fingerprint density at radius 3 is 1.31 bits per heavy atom. The second kappa shape index (κ2) is 9.14. The molecule has 0 aromatic rings. The van der Waals surface area contributed by atoms with Crippen molar-refractivity contribution >= 4 is 23.7 Å². The third-order valence-electron chi connectivity index (χ3n) is 3.60. The minimum atomic E-state index is -1.58. The van der Waals surface area contributed by atoms with Crippen molar-refractivity contribution in [3.8, 4) is 0 Å². The Balaban J connectivity index is 5.25. The lowest BCUT2D eigenvalue weighted by molar-refractivity contribution is -0.162. The number of hydrogen-bond acceptors (Lipinski definition) is 7. The van der Waals surface area contributed by atoms with Crippen LogP contribution in [0.3, 0.4) is 0 Å². The van der Waals surface area contributed by atoms with Gasteiger partial charge in [-0.15, -0.1) is 0 Å². The van der Waals surface area contributed by atoms with Crippen LogP contribution in [0.25, 0.3) is 0 Å². The van der Waals surface area contributed by atoms with Gasteiger partial charge in [0.15, 0.2) is 0 Å². The number of methoxy groups -OCH3 is 1. The predicted octanol–water partition coefficient (Wildman–Crippen LogP) is 2.98. The molecular weight excluding hydrogens is 340 g/mol. The number of Topliss-reactive ketones (excluding diaryl/α,β-unsaturated/α-hetero) is 1. The van der Waals surface area contributed by atoms with Crippen molar-refractivity contribution in [3.63, 3.8) is 0 Å². The molecule has 150 valence electrons. The second-order valence-corrected chi connectivity index (χ2v) is 8.30. The van der Waals surface area contributed by atoms with Crippen molar-refractivity contribution < 1.29 is 33.4 Å². The first kappa shape index (κ1) is 24.1. The SMILES string of the molecule is COC(=O)C(CCC(=O)OC(C)(C)C)(CCC(=O)OC(C)(C)C)C(C)=O. The van der Waals surface area contributed by atoms with Gasteiger partial charge in [0.2, 0.25) is 0 Å². The van der Waals surface area contributed by atoms with Crippen molar-refractivity contribution in [2.45, 2.75) is 85.4 Å². The van der Waals surface area contributed by atoms with Crippen molar-refractivity contribution in [3.05, 3.63) is 0 Å². The van der Waals surface area contributed by atoms with E-state index < -0.39 is 40.3 Å². The molecule has 0 aliphatic carbocycles. The van der Waals surface area contributed by atoms with Crippen LogP contribution in [0, 0.1) is 5.41 Å². The van der Waals surface area contributed by atoms with Gasteiger partial charge < -0.3 is 14.2 Å². The summed E-state index contributed by atoms with van der Waals surface area (Å²) in [7, 11) is 1.17. The summed E-state index contributed by atoms with van der Waals surface area (Å²) in [6.07, 6.45) is -0.458. The summed E-state index contributed by atoms with van der Waals surface area (Å²) in [5, 5.41) is 0. The molecule has 0 radical (unpaired) electrons. The minimum absolute atomic E-state index is 0.0906. The Labute approximate surface area is 155 Å². The van der Waals surface area contributed by atoms with Gasteiger partial charge in [0.1, 0.15) is 22.4 Å². The predicted molar refractivity (Wildman–Crippen MR) is 95.3 cm³/mol. The number of ketones is 1. The molecule has 0 amide bonds. The van der Waals surface area contributed by atoms with Crippen LogP contribution in [0.1, 0.15) is 74.1 Å². The van der Waals surface area contributed by atoms with E-state index in [0.29, 0.717) is 0 Å². The fourth-order valence-electron chi connectivity index (χ4n) is 2.44.